The minimum atomic E-state index is -0.265. The van der Waals surface area contributed by atoms with Gasteiger partial charge in [0.2, 0.25) is 0 Å². The lowest BCUT2D eigenvalue weighted by atomic mass is 10.1. The number of piperazine rings is 1. The smallest absolute Gasteiger partial charge is 0.289 e. The molecule has 0 unspecified atom stereocenters. The van der Waals surface area contributed by atoms with Crippen molar-refractivity contribution in [2.75, 3.05) is 26.2 Å². The highest BCUT2D eigenvalue weighted by Gasteiger charge is 2.31. The lowest BCUT2D eigenvalue weighted by Crippen LogP contribution is -2.50. The van der Waals surface area contributed by atoms with Crippen LogP contribution in [0.1, 0.15) is 27.8 Å². The fourth-order valence-electron chi connectivity index (χ4n) is 4.77. The molecule has 2 amide bonds. The predicted molar refractivity (Wildman–Crippen MR) is 138 cm³/mol. The Kier molecular flexibility index (Phi) is 5.60. The molecule has 1 fully saturated rings. The third kappa shape index (κ3) is 3.98. The molecule has 0 bridgehead atoms. The van der Waals surface area contributed by atoms with Crippen LogP contribution in [-0.4, -0.2) is 62.1 Å². The number of nitrogens with zero attached hydrogens (tertiary/aromatic N) is 5. The van der Waals surface area contributed by atoms with E-state index in [1.807, 2.05) is 54.0 Å². The SMILES string of the molecule is CCn1cc(C(=O)N2CCN(C(=O)c3cc4ccccc4o3)CC2)c2nn(-c3ccccc3)c(=O)c-2c1. The van der Waals surface area contributed by atoms with Crippen molar-refractivity contribution in [3.63, 3.8) is 0 Å². The van der Waals surface area contributed by atoms with E-state index in [4.69, 9.17) is 4.42 Å². The molecule has 1 aromatic heterocycles. The van der Waals surface area contributed by atoms with E-state index in [2.05, 4.69) is 5.10 Å². The van der Waals surface area contributed by atoms with Crippen molar-refractivity contribution in [2.45, 2.75) is 13.5 Å². The Labute approximate surface area is 212 Å². The van der Waals surface area contributed by atoms with Crippen molar-refractivity contribution < 1.29 is 14.0 Å². The van der Waals surface area contributed by atoms with Crippen LogP contribution in [0.3, 0.4) is 0 Å². The zero-order valence-electron chi connectivity index (χ0n) is 20.3. The first-order valence-electron chi connectivity index (χ1n) is 12.3. The van der Waals surface area contributed by atoms with Crippen molar-refractivity contribution in [1.82, 2.24) is 24.1 Å². The topological polar surface area (TPSA) is 93.6 Å². The number of carbonyl (C=O) groups is 2. The largest absolute Gasteiger partial charge is 0.451 e. The highest BCUT2D eigenvalue weighted by molar-refractivity contribution is 6.00. The second-order valence-electron chi connectivity index (χ2n) is 9.05. The molecule has 0 N–H and O–H groups in total. The van der Waals surface area contributed by atoms with Gasteiger partial charge >= 0.3 is 0 Å². The van der Waals surface area contributed by atoms with Crippen LogP contribution in [0.2, 0.25) is 0 Å². The van der Waals surface area contributed by atoms with Crippen molar-refractivity contribution in [3.05, 3.63) is 94.7 Å². The third-order valence-corrected chi connectivity index (χ3v) is 6.81. The summed E-state index contributed by atoms with van der Waals surface area (Å²) in [6.45, 7) is 4.07. The summed E-state index contributed by atoms with van der Waals surface area (Å²) < 4.78 is 8.90. The molecule has 4 heterocycles. The van der Waals surface area contributed by atoms with E-state index in [1.54, 1.807) is 40.4 Å². The summed E-state index contributed by atoms with van der Waals surface area (Å²) in [4.78, 5) is 43.3. The maximum atomic E-state index is 13.6. The molecular weight excluding hydrogens is 470 g/mol. The Morgan fingerprint density at radius 3 is 2.27 bits per heavy atom. The molecular formula is C28H25N5O4. The quantitative estimate of drug-likeness (QED) is 0.380. The summed E-state index contributed by atoms with van der Waals surface area (Å²) in [6, 6.07) is 18.4. The van der Waals surface area contributed by atoms with Gasteiger partial charge in [-0.25, -0.2) is 0 Å². The van der Waals surface area contributed by atoms with Crippen molar-refractivity contribution in [1.29, 1.82) is 0 Å². The Morgan fingerprint density at radius 1 is 0.892 bits per heavy atom. The highest BCUT2D eigenvalue weighted by atomic mass is 16.3. The molecule has 6 rings (SSSR count). The predicted octanol–water partition coefficient (Wildman–Crippen LogP) is 3.50. The van der Waals surface area contributed by atoms with E-state index in [0.29, 0.717) is 66.6 Å². The number of benzene rings is 2. The van der Waals surface area contributed by atoms with E-state index >= 15 is 0 Å². The molecule has 0 radical (unpaired) electrons. The number of aryl methyl sites for hydroxylation is 1. The highest BCUT2D eigenvalue weighted by Crippen LogP contribution is 2.25. The maximum absolute atomic E-state index is 13.6. The Balaban J connectivity index is 1.25. The van der Waals surface area contributed by atoms with Gasteiger partial charge in [-0.15, -0.1) is 0 Å². The monoisotopic (exact) mass is 495 g/mol. The fourth-order valence-corrected chi connectivity index (χ4v) is 4.77. The minimum absolute atomic E-state index is 0.188. The maximum Gasteiger partial charge on any atom is 0.289 e. The number of hydrogen-bond donors (Lipinski definition) is 0. The average Bonchev–Trinajstić information content (AvgIpc) is 3.53. The fraction of sp³-hybridized carbons (Fsp3) is 0.214. The molecule has 186 valence electrons. The molecule has 0 atom stereocenters. The zero-order chi connectivity index (χ0) is 25.5. The van der Waals surface area contributed by atoms with Gasteiger partial charge in [0.1, 0.15) is 11.3 Å². The number of furan rings is 1. The second-order valence-corrected chi connectivity index (χ2v) is 9.05. The van der Waals surface area contributed by atoms with Gasteiger partial charge in [0, 0.05) is 50.5 Å². The molecule has 9 nitrogen and oxygen atoms in total. The molecule has 1 saturated heterocycles. The van der Waals surface area contributed by atoms with Crippen molar-refractivity contribution >= 4 is 22.8 Å². The van der Waals surface area contributed by atoms with Crippen molar-refractivity contribution in [2.24, 2.45) is 0 Å². The van der Waals surface area contributed by atoms with E-state index < -0.39 is 0 Å². The van der Waals surface area contributed by atoms with Crippen LogP contribution in [0.5, 0.6) is 0 Å². The number of aromatic nitrogens is 3. The summed E-state index contributed by atoms with van der Waals surface area (Å²) in [5.74, 6) is -0.0997. The molecule has 3 aliphatic rings. The van der Waals surface area contributed by atoms with Crippen LogP contribution in [-0.2, 0) is 6.54 Å². The summed E-state index contributed by atoms with van der Waals surface area (Å²) in [6.07, 6.45) is 3.49. The van der Waals surface area contributed by atoms with E-state index in [1.165, 1.54) is 4.68 Å². The van der Waals surface area contributed by atoms with E-state index in [0.717, 1.165) is 5.39 Å². The van der Waals surface area contributed by atoms with Crippen LogP contribution >= 0.6 is 0 Å². The number of carbonyl (C=O) groups excluding carboxylic acids is 2. The van der Waals surface area contributed by atoms with Gasteiger partial charge in [-0.3, -0.25) is 14.4 Å². The van der Waals surface area contributed by atoms with Crippen LogP contribution in [0.15, 0.2) is 82.3 Å². The Bertz CT molecular complexity index is 1610. The van der Waals surface area contributed by atoms with Gasteiger partial charge in [0.25, 0.3) is 17.4 Å². The lowest BCUT2D eigenvalue weighted by Gasteiger charge is -2.34. The Hall–Kier alpha value is -4.66. The van der Waals surface area contributed by atoms with Crippen LogP contribution in [0.4, 0.5) is 0 Å². The number of amides is 2. The zero-order valence-corrected chi connectivity index (χ0v) is 20.3. The molecule has 3 aromatic rings. The first-order valence-corrected chi connectivity index (χ1v) is 12.3. The second kappa shape index (κ2) is 9.09. The number of para-hydroxylation sites is 2. The normalized spacial score (nSPS) is 14.0. The molecule has 3 aliphatic heterocycles. The summed E-state index contributed by atoms with van der Waals surface area (Å²) in [7, 11) is 0. The number of hydrogen-bond acceptors (Lipinski definition) is 5. The summed E-state index contributed by atoms with van der Waals surface area (Å²) in [5, 5.41) is 5.42. The number of rotatable bonds is 4. The van der Waals surface area contributed by atoms with Crippen LogP contribution in [0.25, 0.3) is 27.9 Å². The molecule has 0 spiro atoms. The van der Waals surface area contributed by atoms with Crippen molar-refractivity contribution in [3.8, 4) is 16.9 Å². The number of pyridine rings is 1. The van der Waals surface area contributed by atoms with E-state index in [9.17, 15) is 14.4 Å². The van der Waals surface area contributed by atoms with Gasteiger partial charge in [-0.1, -0.05) is 36.4 Å². The van der Waals surface area contributed by atoms with Gasteiger partial charge < -0.3 is 18.8 Å². The van der Waals surface area contributed by atoms with Crippen LogP contribution in [0, 0.1) is 0 Å². The molecule has 0 saturated carbocycles. The first kappa shape index (κ1) is 22.8. The van der Waals surface area contributed by atoms with Gasteiger partial charge in [0.15, 0.2) is 5.76 Å². The average molecular weight is 496 g/mol. The van der Waals surface area contributed by atoms with Crippen LogP contribution < -0.4 is 5.56 Å². The third-order valence-electron chi connectivity index (χ3n) is 6.81. The summed E-state index contributed by atoms with van der Waals surface area (Å²) in [5.41, 5.74) is 2.20. The first-order chi connectivity index (χ1) is 18.0. The molecule has 9 heteroatoms. The summed E-state index contributed by atoms with van der Waals surface area (Å²) >= 11 is 0. The lowest BCUT2D eigenvalue weighted by molar-refractivity contribution is 0.0519. The van der Waals surface area contributed by atoms with Gasteiger partial charge in [-0.05, 0) is 31.2 Å². The standard InChI is InChI=1S/C28H25N5O4/c1-2-30-17-21(25-22(18-30)27(35)33(29-25)20-9-4-3-5-10-20)26(34)31-12-14-32(15-13-31)28(36)24-16-19-8-6-7-11-23(19)37-24/h3-11,16-18H,2,12-15H2,1H3. The molecule has 0 aliphatic carbocycles. The van der Waals surface area contributed by atoms with Gasteiger partial charge in [-0.2, -0.15) is 9.78 Å². The minimum Gasteiger partial charge on any atom is -0.451 e. The number of fused-ring (bicyclic) bond motifs is 2. The van der Waals surface area contributed by atoms with Gasteiger partial charge in [0.05, 0.1) is 16.8 Å². The molecule has 37 heavy (non-hydrogen) atoms. The Morgan fingerprint density at radius 2 is 1.57 bits per heavy atom. The van der Waals surface area contributed by atoms with E-state index in [-0.39, 0.29) is 17.4 Å². The molecule has 2 aromatic carbocycles.